The molecule has 6 nitrogen and oxygen atoms in total. The molecule has 0 spiro atoms. The number of nitrogens with two attached hydrogens (primary N) is 4. The standard InChI is InChI=1S/2C14H15N3/c2*1-2-17-13-5-3-9(15)7-11(13)12-8-10(16)4-6-14(12)17/h2*3-8H,2,15-16H2,1H3. The van der Waals surface area contributed by atoms with E-state index >= 15 is 0 Å². The summed E-state index contributed by atoms with van der Waals surface area (Å²) in [6.07, 6.45) is 0. The van der Waals surface area contributed by atoms with Crippen molar-refractivity contribution in [1.29, 1.82) is 0 Å². The van der Waals surface area contributed by atoms with Crippen LogP contribution >= 0.6 is 0 Å². The maximum Gasteiger partial charge on any atom is 0.0492 e. The van der Waals surface area contributed by atoms with E-state index in [1.807, 2.05) is 48.5 Å². The Kier molecular flexibility index (Phi) is 5.21. The molecule has 0 radical (unpaired) electrons. The number of hydrogen-bond donors (Lipinski definition) is 4. The number of aryl methyl sites for hydroxylation is 2. The molecule has 0 fully saturated rings. The molecule has 6 rings (SSSR count). The van der Waals surface area contributed by atoms with E-state index in [9.17, 15) is 0 Å². The Morgan fingerprint density at radius 2 is 0.676 bits per heavy atom. The molecule has 0 aliphatic rings. The lowest BCUT2D eigenvalue weighted by Crippen LogP contribution is -1.93. The Balaban J connectivity index is 0.000000142. The summed E-state index contributed by atoms with van der Waals surface area (Å²) in [6.45, 7) is 6.17. The van der Waals surface area contributed by atoms with E-state index in [-0.39, 0.29) is 0 Å². The van der Waals surface area contributed by atoms with Gasteiger partial charge in [-0.1, -0.05) is 0 Å². The minimum atomic E-state index is 0.787. The maximum absolute atomic E-state index is 5.86. The highest BCUT2D eigenvalue weighted by molar-refractivity contribution is 6.10. The van der Waals surface area contributed by atoms with Crippen LogP contribution in [0.2, 0.25) is 0 Å². The lowest BCUT2D eigenvalue weighted by atomic mass is 10.1. The van der Waals surface area contributed by atoms with Crippen LogP contribution in [0.3, 0.4) is 0 Å². The second-order valence-electron chi connectivity index (χ2n) is 8.59. The van der Waals surface area contributed by atoms with Crippen molar-refractivity contribution in [3.05, 3.63) is 72.8 Å². The second kappa shape index (κ2) is 8.23. The molecule has 0 atom stereocenters. The van der Waals surface area contributed by atoms with Gasteiger partial charge in [-0.2, -0.15) is 0 Å². The zero-order chi connectivity index (χ0) is 24.0. The highest BCUT2D eigenvalue weighted by atomic mass is 15.0. The van der Waals surface area contributed by atoms with Crippen molar-refractivity contribution in [3.63, 3.8) is 0 Å². The van der Waals surface area contributed by atoms with Crippen molar-refractivity contribution in [2.24, 2.45) is 0 Å². The van der Waals surface area contributed by atoms with Crippen molar-refractivity contribution < 1.29 is 0 Å². The Labute approximate surface area is 198 Å². The Hall–Kier alpha value is -4.32. The first-order valence-electron chi connectivity index (χ1n) is 11.5. The van der Waals surface area contributed by atoms with Gasteiger partial charge in [0.25, 0.3) is 0 Å². The fourth-order valence-electron chi connectivity index (χ4n) is 4.96. The first kappa shape index (κ1) is 21.5. The van der Waals surface area contributed by atoms with Crippen LogP contribution in [0.5, 0.6) is 0 Å². The summed E-state index contributed by atoms with van der Waals surface area (Å²) < 4.78 is 4.56. The number of nitrogen functional groups attached to an aromatic ring is 4. The first-order valence-corrected chi connectivity index (χ1v) is 11.5. The minimum Gasteiger partial charge on any atom is -0.399 e. The Morgan fingerprint density at radius 3 is 0.882 bits per heavy atom. The van der Waals surface area contributed by atoms with Gasteiger partial charge in [0.1, 0.15) is 0 Å². The average Bonchev–Trinajstić information content (AvgIpc) is 3.30. The smallest absolute Gasteiger partial charge is 0.0492 e. The van der Waals surface area contributed by atoms with Crippen LogP contribution in [0.1, 0.15) is 13.8 Å². The lowest BCUT2D eigenvalue weighted by Gasteiger charge is -2.02. The van der Waals surface area contributed by atoms with Crippen molar-refractivity contribution in [1.82, 2.24) is 9.13 Å². The molecule has 6 aromatic rings. The summed E-state index contributed by atoms with van der Waals surface area (Å²) in [5.74, 6) is 0. The van der Waals surface area contributed by atoms with Gasteiger partial charge in [0.15, 0.2) is 0 Å². The molecule has 0 bridgehead atoms. The van der Waals surface area contributed by atoms with Crippen LogP contribution in [-0.4, -0.2) is 9.13 Å². The van der Waals surface area contributed by atoms with E-state index in [0.717, 1.165) is 35.8 Å². The number of hydrogen-bond acceptors (Lipinski definition) is 4. The summed E-state index contributed by atoms with van der Waals surface area (Å²) in [7, 11) is 0. The molecule has 2 aromatic heterocycles. The van der Waals surface area contributed by atoms with Gasteiger partial charge >= 0.3 is 0 Å². The van der Waals surface area contributed by atoms with Crippen molar-refractivity contribution >= 4 is 66.4 Å². The third kappa shape index (κ3) is 3.44. The zero-order valence-corrected chi connectivity index (χ0v) is 19.5. The zero-order valence-electron chi connectivity index (χ0n) is 19.5. The van der Waals surface area contributed by atoms with Gasteiger partial charge in [0.05, 0.1) is 0 Å². The average molecular weight is 451 g/mol. The normalized spacial score (nSPS) is 11.4. The van der Waals surface area contributed by atoms with Crippen molar-refractivity contribution in [2.75, 3.05) is 22.9 Å². The van der Waals surface area contributed by atoms with Crippen LogP contribution in [0.15, 0.2) is 72.8 Å². The van der Waals surface area contributed by atoms with Crippen LogP contribution in [-0.2, 0) is 13.1 Å². The fourth-order valence-corrected chi connectivity index (χ4v) is 4.96. The molecule has 172 valence electrons. The molecule has 8 N–H and O–H groups in total. The molecule has 0 saturated carbocycles. The predicted molar refractivity (Wildman–Crippen MR) is 148 cm³/mol. The number of aromatic nitrogens is 2. The number of anilines is 4. The quantitative estimate of drug-likeness (QED) is 0.244. The van der Waals surface area contributed by atoms with Crippen LogP contribution in [0.25, 0.3) is 43.6 Å². The number of rotatable bonds is 2. The topological polar surface area (TPSA) is 114 Å². The number of fused-ring (bicyclic) bond motifs is 6. The Morgan fingerprint density at radius 1 is 0.441 bits per heavy atom. The summed E-state index contributed by atoms with van der Waals surface area (Å²) in [4.78, 5) is 0. The van der Waals surface area contributed by atoms with E-state index in [0.29, 0.717) is 0 Å². The SMILES string of the molecule is CCn1c2ccc(N)cc2c2cc(N)ccc21.CCn1c2ccc(N)cc2c2cc(N)ccc21. The number of benzene rings is 4. The van der Waals surface area contributed by atoms with Crippen LogP contribution in [0.4, 0.5) is 22.7 Å². The molecule has 0 aliphatic carbocycles. The predicted octanol–water partition coefficient (Wildman–Crippen LogP) is 5.96. The minimum absolute atomic E-state index is 0.787. The third-order valence-electron chi connectivity index (χ3n) is 6.46. The molecule has 0 unspecified atom stereocenters. The van der Waals surface area contributed by atoms with Crippen molar-refractivity contribution in [3.8, 4) is 0 Å². The van der Waals surface area contributed by atoms with Crippen LogP contribution in [0, 0.1) is 0 Å². The summed E-state index contributed by atoms with van der Waals surface area (Å²) in [5, 5.41) is 4.70. The van der Waals surface area contributed by atoms with E-state index in [2.05, 4.69) is 47.2 Å². The van der Waals surface area contributed by atoms with Gasteiger partial charge < -0.3 is 32.1 Å². The molecular weight excluding hydrogens is 420 g/mol. The maximum atomic E-state index is 5.86. The van der Waals surface area contributed by atoms with E-state index in [1.54, 1.807) is 0 Å². The fraction of sp³-hybridized carbons (Fsp3) is 0.143. The van der Waals surface area contributed by atoms with E-state index in [4.69, 9.17) is 22.9 Å². The van der Waals surface area contributed by atoms with E-state index < -0.39 is 0 Å². The highest BCUT2D eigenvalue weighted by Crippen LogP contribution is 2.32. The van der Waals surface area contributed by atoms with Gasteiger partial charge in [-0.15, -0.1) is 0 Å². The molecule has 2 heterocycles. The monoisotopic (exact) mass is 450 g/mol. The number of nitrogens with zero attached hydrogens (tertiary/aromatic N) is 2. The van der Waals surface area contributed by atoms with Gasteiger partial charge in [-0.3, -0.25) is 0 Å². The Bertz CT molecular complexity index is 1430. The van der Waals surface area contributed by atoms with Gasteiger partial charge in [-0.25, -0.2) is 0 Å². The molecular formula is C28H30N6. The summed E-state index contributed by atoms with van der Waals surface area (Å²) in [6, 6.07) is 24.1. The summed E-state index contributed by atoms with van der Waals surface area (Å²) in [5.41, 5.74) is 31.4. The molecule has 0 aliphatic heterocycles. The molecule has 0 amide bonds. The molecule has 6 heteroatoms. The van der Waals surface area contributed by atoms with Crippen molar-refractivity contribution in [2.45, 2.75) is 26.9 Å². The van der Waals surface area contributed by atoms with E-state index in [1.165, 1.54) is 43.6 Å². The largest absolute Gasteiger partial charge is 0.399 e. The second-order valence-corrected chi connectivity index (χ2v) is 8.59. The van der Waals surface area contributed by atoms with Gasteiger partial charge in [-0.05, 0) is 86.6 Å². The van der Waals surface area contributed by atoms with Gasteiger partial charge in [0.2, 0.25) is 0 Å². The molecule has 4 aromatic carbocycles. The molecule has 0 saturated heterocycles. The lowest BCUT2D eigenvalue weighted by molar-refractivity contribution is 0.827. The van der Waals surface area contributed by atoms with Gasteiger partial charge in [0, 0.05) is 79.5 Å². The van der Waals surface area contributed by atoms with Crippen LogP contribution < -0.4 is 22.9 Å². The third-order valence-corrected chi connectivity index (χ3v) is 6.46. The first-order chi connectivity index (χ1) is 16.4. The highest BCUT2D eigenvalue weighted by Gasteiger charge is 2.10. The molecule has 34 heavy (non-hydrogen) atoms. The summed E-state index contributed by atoms with van der Waals surface area (Å²) >= 11 is 0.